The van der Waals surface area contributed by atoms with Crippen LogP contribution >= 0.6 is 15.9 Å². The molecule has 18 heavy (non-hydrogen) atoms. The van der Waals surface area contributed by atoms with Crippen LogP contribution in [0, 0.1) is 5.82 Å². The van der Waals surface area contributed by atoms with Crippen molar-refractivity contribution in [3.8, 4) is 0 Å². The number of nitrogens with two attached hydrogens (primary N) is 1. The molecule has 1 aromatic carbocycles. The van der Waals surface area contributed by atoms with Gasteiger partial charge in [0.2, 0.25) is 0 Å². The van der Waals surface area contributed by atoms with Crippen LogP contribution in [0.4, 0.5) is 10.1 Å². The van der Waals surface area contributed by atoms with E-state index < -0.39 is 17.4 Å². The molecule has 0 unspecified atom stereocenters. The Labute approximate surface area is 113 Å². The minimum absolute atomic E-state index is 0.0755. The van der Waals surface area contributed by atoms with Gasteiger partial charge in [-0.15, -0.1) is 0 Å². The van der Waals surface area contributed by atoms with Gasteiger partial charge in [0.1, 0.15) is 5.82 Å². The highest BCUT2D eigenvalue weighted by Gasteiger charge is 2.17. The van der Waals surface area contributed by atoms with Gasteiger partial charge in [-0.05, 0) is 41.9 Å². The summed E-state index contributed by atoms with van der Waals surface area (Å²) in [6, 6.07) is 2.33. The zero-order valence-corrected chi connectivity index (χ0v) is 11.8. The van der Waals surface area contributed by atoms with E-state index in [1.807, 2.05) is 0 Å². The molecule has 1 rings (SSSR count). The van der Waals surface area contributed by atoms with Crippen molar-refractivity contribution in [3.63, 3.8) is 0 Å². The molecule has 1 aromatic rings. The molecule has 6 heteroatoms. The molecule has 3 N–H and O–H groups in total. The number of hydrogen-bond acceptors (Lipinski definition) is 4. The SMILES string of the molecule is CC(C)(O)CCOC(=O)c1cc(N)c(F)cc1Br. The molecule has 0 saturated carbocycles. The maximum atomic E-state index is 13.1. The van der Waals surface area contributed by atoms with Gasteiger partial charge in [0.05, 0.1) is 23.5 Å². The molecule has 100 valence electrons. The van der Waals surface area contributed by atoms with Crippen molar-refractivity contribution >= 4 is 27.6 Å². The van der Waals surface area contributed by atoms with Crippen molar-refractivity contribution in [3.05, 3.63) is 28.0 Å². The van der Waals surface area contributed by atoms with Gasteiger partial charge >= 0.3 is 5.97 Å². The number of hydrogen-bond donors (Lipinski definition) is 2. The molecule has 0 radical (unpaired) electrons. The normalized spacial score (nSPS) is 11.4. The van der Waals surface area contributed by atoms with Crippen LogP contribution in [0.3, 0.4) is 0 Å². The van der Waals surface area contributed by atoms with Crippen molar-refractivity contribution in [2.75, 3.05) is 12.3 Å². The summed E-state index contributed by atoms with van der Waals surface area (Å²) in [5, 5.41) is 9.47. The summed E-state index contributed by atoms with van der Waals surface area (Å²) in [5.41, 5.74) is 4.52. The van der Waals surface area contributed by atoms with Gasteiger partial charge in [-0.1, -0.05) is 0 Å². The molecule has 0 bridgehead atoms. The van der Waals surface area contributed by atoms with E-state index in [0.717, 1.165) is 6.07 Å². The predicted octanol–water partition coefficient (Wildman–Crippen LogP) is 2.49. The van der Waals surface area contributed by atoms with Crippen LogP contribution in [-0.4, -0.2) is 23.3 Å². The molecule has 0 spiro atoms. The van der Waals surface area contributed by atoms with E-state index in [2.05, 4.69) is 15.9 Å². The highest BCUT2D eigenvalue weighted by atomic mass is 79.9. The summed E-state index contributed by atoms with van der Waals surface area (Å²) in [4.78, 5) is 11.7. The Hall–Kier alpha value is -1.14. The number of anilines is 1. The Kier molecular flexibility index (Phi) is 4.70. The van der Waals surface area contributed by atoms with Crippen LogP contribution in [0.15, 0.2) is 16.6 Å². The average molecular weight is 320 g/mol. The van der Waals surface area contributed by atoms with E-state index >= 15 is 0 Å². The zero-order chi connectivity index (χ0) is 13.9. The summed E-state index contributed by atoms with van der Waals surface area (Å²) >= 11 is 3.07. The fourth-order valence-electron chi connectivity index (χ4n) is 1.19. The number of benzene rings is 1. The highest BCUT2D eigenvalue weighted by molar-refractivity contribution is 9.10. The predicted molar refractivity (Wildman–Crippen MR) is 69.7 cm³/mol. The lowest BCUT2D eigenvalue weighted by Gasteiger charge is -2.16. The fraction of sp³-hybridized carbons (Fsp3) is 0.417. The van der Waals surface area contributed by atoms with Gasteiger partial charge in [-0.2, -0.15) is 0 Å². The fourth-order valence-corrected chi connectivity index (χ4v) is 1.67. The third-order valence-electron chi connectivity index (χ3n) is 2.25. The first-order valence-corrected chi connectivity index (χ1v) is 6.14. The van der Waals surface area contributed by atoms with Crippen LogP contribution in [-0.2, 0) is 4.74 Å². The smallest absolute Gasteiger partial charge is 0.339 e. The maximum Gasteiger partial charge on any atom is 0.339 e. The standard InChI is InChI=1S/C12H15BrFNO3/c1-12(2,17)3-4-18-11(16)7-5-10(15)9(14)6-8(7)13/h5-6,17H,3-4,15H2,1-2H3. The molecule has 0 fully saturated rings. The average Bonchev–Trinajstić information content (AvgIpc) is 2.21. The van der Waals surface area contributed by atoms with Crippen LogP contribution in [0.5, 0.6) is 0 Å². The zero-order valence-electron chi connectivity index (χ0n) is 10.2. The maximum absolute atomic E-state index is 13.1. The van der Waals surface area contributed by atoms with Crippen molar-refractivity contribution < 1.29 is 19.0 Å². The Balaban J connectivity index is 2.70. The van der Waals surface area contributed by atoms with Gasteiger partial charge in [0, 0.05) is 10.9 Å². The van der Waals surface area contributed by atoms with Crippen LogP contribution in [0.1, 0.15) is 30.6 Å². The van der Waals surface area contributed by atoms with Gasteiger partial charge in [-0.25, -0.2) is 9.18 Å². The third-order valence-corrected chi connectivity index (χ3v) is 2.91. The number of carbonyl (C=O) groups excluding carboxylic acids is 1. The summed E-state index contributed by atoms with van der Waals surface area (Å²) in [6.07, 6.45) is 0.313. The third kappa shape index (κ3) is 4.27. The monoisotopic (exact) mass is 319 g/mol. The van der Waals surface area contributed by atoms with Crippen LogP contribution in [0.2, 0.25) is 0 Å². The highest BCUT2D eigenvalue weighted by Crippen LogP contribution is 2.23. The number of ether oxygens (including phenoxy) is 1. The lowest BCUT2D eigenvalue weighted by Crippen LogP contribution is -2.22. The second-order valence-corrected chi connectivity index (χ2v) is 5.41. The lowest BCUT2D eigenvalue weighted by molar-refractivity contribution is 0.0244. The molecular formula is C12H15BrFNO3. The molecule has 0 aliphatic rings. The molecule has 4 nitrogen and oxygen atoms in total. The number of carbonyl (C=O) groups is 1. The largest absolute Gasteiger partial charge is 0.462 e. The molecule has 0 aromatic heterocycles. The summed E-state index contributed by atoms with van der Waals surface area (Å²) < 4.78 is 18.3. The van der Waals surface area contributed by atoms with E-state index in [-0.39, 0.29) is 22.3 Å². The first-order valence-electron chi connectivity index (χ1n) is 5.35. The van der Waals surface area contributed by atoms with Crippen molar-refractivity contribution in [1.29, 1.82) is 0 Å². The molecule has 0 heterocycles. The molecule has 0 saturated heterocycles. The Bertz CT molecular complexity index is 457. The van der Waals surface area contributed by atoms with E-state index in [1.165, 1.54) is 6.07 Å². The number of esters is 1. The first kappa shape index (κ1) is 14.9. The number of aliphatic hydroxyl groups is 1. The van der Waals surface area contributed by atoms with Crippen LogP contribution < -0.4 is 5.73 Å². The quantitative estimate of drug-likeness (QED) is 0.660. The van der Waals surface area contributed by atoms with Crippen LogP contribution in [0.25, 0.3) is 0 Å². The van der Waals surface area contributed by atoms with E-state index in [4.69, 9.17) is 10.5 Å². The summed E-state index contributed by atoms with van der Waals surface area (Å²) in [6.45, 7) is 3.31. The second kappa shape index (κ2) is 5.67. The summed E-state index contributed by atoms with van der Waals surface area (Å²) in [5.74, 6) is -1.22. The lowest BCUT2D eigenvalue weighted by atomic mass is 10.1. The van der Waals surface area contributed by atoms with Crippen molar-refractivity contribution in [2.45, 2.75) is 25.9 Å². The van der Waals surface area contributed by atoms with Gasteiger partial charge in [0.25, 0.3) is 0 Å². The minimum atomic E-state index is -0.903. The number of nitrogen functional groups attached to an aromatic ring is 1. The summed E-state index contributed by atoms with van der Waals surface area (Å²) in [7, 11) is 0. The Morgan fingerprint density at radius 1 is 1.56 bits per heavy atom. The van der Waals surface area contributed by atoms with E-state index in [1.54, 1.807) is 13.8 Å². The molecule has 0 atom stereocenters. The Morgan fingerprint density at radius 2 is 2.17 bits per heavy atom. The Morgan fingerprint density at radius 3 is 2.72 bits per heavy atom. The second-order valence-electron chi connectivity index (χ2n) is 4.55. The van der Waals surface area contributed by atoms with Gasteiger partial charge in [0.15, 0.2) is 0 Å². The van der Waals surface area contributed by atoms with Gasteiger partial charge < -0.3 is 15.6 Å². The van der Waals surface area contributed by atoms with Crippen molar-refractivity contribution in [2.24, 2.45) is 0 Å². The number of halogens is 2. The molecule has 0 aliphatic heterocycles. The van der Waals surface area contributed by atoms with Gasteiger partial charge in [-0.3, -0.25) is 0 Å². The van der Waals surface area contributed by atoms with Crippen molar-refractivity contribution in [1.82, 2.24) is 0 Å². The number of rotatable bonds is 4. The minimum Gasteiger partial charge on any atom is -0.462 e. The molecule has 0 amide bonds. The topological polar surface area (TPSA) is 72.5 Å². The van der Waals surface area contributed by atoms with E-state index in [9.17, 15) is 14.3 Å². The first-order chi connectivity index (χ1) is 8.20. The van der Waals surface area contributed by atoms with E-state index in [0.29, 0.717) is 6.42 Å². The molecule has 0 aliphatic carbocycles. The molecular weight excluding hydrogens is 305 g/mol.